The van der Waals surface area contributed by atoms with Crippen LogP contribution in [0.1, 0.15) is 36.7 Å². The lowest BCUT2D eigenvalue weighted by atomic mass is 10.3. The van der Waals surface area contributed by atoms with Gasteiger partial charge in [-0.1, -0.05) is 13.8 Å². The molecule has 1 aromatic rings. The third-order valence-corrected chi connectivity index (χ3v) is 2.66. The van der Waals surface area contributed by atoms with E-state index in [9.17, 15) is 4.79 Å². The Morgan fingerprint density at radius 3 is 2.44 bits per heavy atom. The molecule has 0 fully saturated rings. The highest BCUT2D eigenvalue weighted by Crippen LogP contribution is 2.02. The van der Waals surface area contributed by atoms with Crippen molar-refractivity contribution >= 4 is 5.91 Å². The minimum atomic E-state index is -0.0883. The van der Waals surface area contributed by atoms with Crippen LogP contribution in [0.25, 0.3) is 0 Å². The van der Waals surface area contributed by atoms with Gasteiger partial charge in [0.05, 0.1) is 0 Å². The van der Waals surface area contributed by atoms with Gasteiger partial charge >= 0.3 is 0 Å². The quantitative estimate of drug-likeness (QED) is 0.780. The highest BCUT2D eigenvalue weighted by molar-refractivity contribution is 5.90. The molecule has 0 aliphatic carbocycles. The average Bonchev–Trinajstić information content (AvgIpc) is 2.82. The molecule has 0 spiro atoms. The number of aromatic amines is 1. The number of hydrogen-bond donors (Lipinski definition) is 1. The van der Waals surface area contributed by atoms with Crippen molar-refractivity contribution in [3.8, 4) is 0 Å². The van der Waals surface area contributed by atoms with Crippen molar-refractivity contribution in [2.75, 3.05) is 33.7 Å². The molecule has 102 valence electrons. The van der Waals surface area contributed by atoms with Crippen LogP contribution in [-0.4, -0.2) is 64.6 Å². The van der Waals surface area contributed by atoms with E-state index in [0.717, 1.165) is 31.8 Å². The summed E-state index contributed by atoms with van der Waals surface area (Å²) in [6.07, 6.45) is 1.69. The van der Waals surface area contributed by atoms with Crippen LogP contribution in [0.15, 0.2) is 0 Å². The number of carbonyl (C=O) groups excluding carboxylic acids is 1. The third kappa shape index (κ3) is 4.10. The fourth-order valence-corrected chi connectivity index (χ4v) is 1.60. The molecular weight excluding hydrogens is 230 g/mol. The molecule has 0 saturated heterocycles. The van der Waals surface area contributed by atoms with Crippen molar-refractivity contribution in [3.05, 3.63) is 11.6 Å². The van der Waals surface area contributed by atoms with Crippen LogP contribution in [0, 0.1) is 0 Å². The largest absolute Gasteiger partial charge is 0.335 e. The minimum Gasteiger partial charge on any atom is -0.335 e. The molecule has 0 aliphatic rings. The van der Waals surface area contributed by atoms with Gasteiger partial charge in [0.1, 0.15) is 5.82 Å². The Hall–Kier alpha value is -1.43. The second kappa shape index (κ2) is 7.10. The number of nitrogens with zero attached hydrogens (tertiary/aromatic N) is 4. The zero-order chi connectivity index (χ0) is 13.5. The summed E-state index contributed by atoms with van der Waals surface area (Å²) < 4.78 is 0. The average molecular weight is 253 g/mol. The van der Waals surface area contributed by atoms with Crippen molar-refractivity contribution in [1.82, 2.24) is 25.0 Å². The van der Waals surface area contributed by atoms with Crippen molar-refractivity contribution in [2.45, 2.75) is 26.7 Å². The molecule has 1 N–H and O–H groups in total. The molecule has 1 aromatic heterocycles. The number of nitrogens with one attached hydrogen (secondary N) is 1. The normalized spacial score (nSPS) is 10.9. The summed E-state index contributed by atoms with van der Waals surface area (Å²) in [6, 6.07) is 0. The van der Waals surface area contributed by atoms with Crippen LogP contribution >= 0.6 is 0 Å². The molecule has 0 saturated carbocycles. The summed E-state index contributed by atoms with van der Waals surface area (Å²) in [6.45, 7) is 6.32. The number of aromatic nitrogens is 3. The fourth-order valence-electron chi connectivity index (χ4n) is 1.60. The second-order valence-corrected chi connectivity index (χ2v) is 4.55. The van der Waals surface area contributed by atoms with Crippen LogP contribution in [0.5, 0.6) is 0 Å². The predicted octanol–water partition coefficient (Wildman–Crippen LogP) is 0.781. The lowest BCUT2D eigenvalue weighted by molar-refractivity contribution is 0.0733. The molecular formula is C12H23N5O. The van der Waals surface area contributed by atoms with Crippen LogP contribution in [0.3, 0.4) is 0 Å². The summed E-state index contributed by atoms with van der Waals surface area (Å²) in [5.41, 5.74) is 0. The van der Waals surface area contributed by atoms with Gasteiger partial charge in [-0.3, -0.25) is 9.89 Å². The molecule has 1 amide bonds. The van der Waals surface area contributed by atoms with Crippen molar-refractivity contribution in [3.63, 3.8) is 0 Å². The van der Waals surface area contributed by atoms with Gasteiger partial charge in [-0.25, -0.2) is 4.98 Å². The summed E-state index contributed by atoms with van der Waals surface area (Å²) in [5, 5.41) is 6.76. The van der Waals surface area contributed by atoms with E-state index in [1.165, 1.54) is 0 Å². The lowest BCUT2D eigenvalue weighted by Crippen LogP contribution is -2.37. The Morgan fingerprint density at radius 2 is 1.94 bits per heavy atom. The first-order chi connectivity index (χ1) is 8.58. The first-order valence-corrected chi connectivity index (χ1v) is 6.43. The smallest absolute Gasteiger partial charge is 0.293 e. The maximum Gasteiger partial charge on any atom is 0.293 e. The van der Waals surface area contributed by atoms with E-state index in [1.54, 1.807) is 0 Å². The van der Waals surface area contributed by atoms with Crippen LogP contribution in [0.2, 0.25) is 0 Å². The van der Waals surface area contributed by atoms with Gasteiger partial charge in [0.25, 0.3) is 5.91 Å². The van der Waals surface area contributed by atoms with Crippen LogP contribution in [0.4, 0.5) is 0 Å². The van der Waals surface area contributed by atoms with Gasteiger partial charge in [-0.2, -0.15) is 0 Å². The van der Waals surface area contributed by atoms with Gasteiger partial charge in [0, 0.05) is 26.1 Å². The summed E-state index contributed by atoms with van der Waals surface area (Å²) in [7, 11) is 3.99. The monoisotopic (exact) mass is 253 g/mol. The Bertz CT molecular complexity index is 374. The standard InChI is InChI=1S/C12H23N5O/c1-5-7-17(9-8-16(3)4)12(18)11-13-10(6-2)14-15-11/h5-9H2,1-4H3,(H,13,14,15). The fraction of sp³-hybridized carbons (Fsp3) is 0.750. The number of likely N-dealkylation sites (N-methyl/N-ethyl adjacent to an activating group) is 1. The van der Waals surface area contributed by atoms with E-state index in [1.807, 2.05) is 25.9 Å². The summed E-state index contributed by atoms with van der Waals surface area (Å²) >= 11 is 0. The number of hydrogen-bond acceptors (Lipinski definition) is 4. The zero-order valence-electron chi connectivity index (χ0n) is 11.7. The van der Waals surface area contributed by atoms with Gasteiger partial charge in [-0.15, -0.1) is 5.10 Å². The Labute approximate surface area is 108 Å². The van der Waals surface area contributed by atoms with E-state index in [0.29, 0.717) is 6.54 Å². The molecule has 0 atom stereocenters. The Kier molecular flexibility index (Phi) is 5.77. The minimum absolute atomic E-state index is 0.0883. The molecule has 0 bridgehead atoms. The van der Waals surface area contributed by atoms with E-state index in [-0.39, 0.29) is 11.7 Å². The predicted molar refractivity (Wildman–Crippen MR) is 70.5 cm³/mol. The molecule has 0 aromatic carbocycles. The van der Waals surface area contributed by atoms with Crippen molar-refractivity contribution < 1.29 is 4.79 Å². The Morgan fingerprint density at radius 1 is 1.22 bits per heavy atom. The topological polar surface area (TPSA) is 65.1 Å². The number of H-pyrrole nitrogens is 1. The molecule has 6 nitrogen and oxygen atoms in total. The molecule has 1 heterocycles. The van der Waals surface area contributed by atoms with Crippen LogP contribution < -0.4 is 0 Å². The van der Waals surface area contributed by atoms with Gasteiger partial charge < -0.3 is 9.80 Å². The lowest BCUT2D eigenvalue weighted by Gasteiger charge is -2.22. The molecule has 0 radical (unpaired) electrons. The number of rotatable bonds is 7. The molecule has 18 heavy (non-hydrogen) atoms. The van der Waals surface area contributed by atoms with E-state index < -0.39 is 0 Å². The highest BCUT2D eigenvalue weighted by Gasteiger charge is 2.19. The van der Waals surface area contributed by atoms with Crippen molar-refractivity contribution in [1.29, 1.82) is 0 Å². The molecule has 0 unspecified atom stereocenters. The Balaban J connectivity index is 2.68. The summed E-state index contributed by atoms with van der Waals surface area (Å²) in [5.74, 6) is 0.941. The van der Waals surface area contributed by atoms with Gasteiger partial charge in [0.2, 0.25) is 5.82 Å². The molecule has 6 heteroatoms. The maximum atomic E-state index is 12.2. The molecule has 1 rings (SSSR count). The first-order valence-electron chi connectivity index (χ1n) is 6.43. The third-order valence-electron chi connectivity index (χ3n) is 2.66. The van der Waals surface area contributed by atoms with E-state index in [4.69, 9.17) is 0 Å². The van der Waals surface area contributed by atoms with Gasteiger partial charge in [0.15, 0.2) is 0 Å². The number of aryl methyl sites for hydroxylation is 1. The second-order valence-electron chi connectivity index (χ2n) is 4.55. The first kappa shape index (κ1) is 14.6. The molecule has 0 aliphatic heterocycles. The van der Waals surface area contributed by atoms with Gasteiger partial charge in [-0.05, 0) is 20.5 Å². The maximum absolute atomic E-state index is 12.2. The number of carbonyl (C=O) groups is 1. The van der Waals surface area contributed by atoms with E-state index >= 15 is 0 Å². The SMILES string of the molecule is CCCN(CCN(C)C)C(=O)c1n[nH]c(CC)n1. The van der Waals surface area contributed by atoms with E-state index in [2.05, 4.69) is 27.0 Å². The van der Waals surface area contributed by atoms with Crippen LogP contribution in [-0.2, 0) is 6.42 Å². The zero-order valence-corrected chi connectivity index (χ0v) is 11.7. The highest BCUT2D eigenvalue weighted by atomic mass is 16.2. The summed E-state index contributed by atoms with van der Waals surface area (Å²) in [4.78, 5) is 20.3. The van der Waals surface area contributed by atoms with Crippen molar-refractivity contribution in [2.24, 2.45) is 0 Å². The number of amides is 1.